The van der Waals surface area contributed by atoms with E-state index >= 15 is 0 Å². The zero-order valence-electron chi connectivity index (χ0n) is 10.4. The second-order valence-electron chi connectivity index (χ2n) is 4.48. The van der Waals surface area contributed by atoms with Crippen molar-refractivity contribution in [2.45, 2.75) is 30.2 Å². The van der Waals surface area contributed by atoms with Crippen molar-refractivity contribution in [3.8, 4) is 0 Å². The first-order chi connectivity index (χ1) is 9.34. The fraction of sp³-hybridized carbons (Fsp3) is 0.417. The molecule has 0 aliphatic carbocycles. The van der Waals surface area contributed by atoms with Crippen LogP contribution in [-0.2, 0) is 14.8 Å². The Hall–Kier alpha value is -1.54. The van der Waals surface area contributed by atoms with Crippen LogP contribution in [0.15, 0.2) is 29.2 Å². The van der Waals surface area contributed by atoms with Crippen LogP contribution in [0.1, 0.15) is 24.8 Å². The number of carbonyl (C=O) groups is 1. The molecule has 0 saturated carbocycles. The van der Waals surface area contributed by atoms with E-state index in [2.05, 4.69) is 0 Å². The molecule has 110 valence electrons. The number of carboxylic acids is 1. The van der Waals surface area contributed by atoms with Crippen LogP contribution in [0.2, 0.25) is 0 Å². The van der Waals surface area contributed by atoms with Crippen LogP contribution in [0.3, 0.4) is 0 Å². The third-order valence-corrected chi connectivity index (χ3v) is 5.15. The Morgan fingerprint density at radius 3 is 2.40 bits per heavy atom. The number of carboxylic acid groups (broad SMARTS) is 1. The smallest absolute Gasteiger partial charge is 0.322 e. The molecule has 1 heterocycles. The quantitative estimate of drug-likeness (QED) is 0.921. The zero-order chi connectivity index (χ0) is 14.9. The van der Waals surface area contributed by atoms with E-state index < -0.39 is 28.5 Å². The van der Waals surface area contributed by atoms with Crippen LogP contribution in [0.4, 0.5) is 8.78 Å². The minimum absolute atomic E-state index is 0.121. The molecule has 8 heteroatoms. The summed E-state index contributed by atoms with van der Waals surface area (Å²) in [5.41, 5.74) is -0.278. The Morgan fingerprint density at radius 1 is 1.30 bits per heavy atom. The van der Waals surface area contributed by atoms with E-state index in [1.165, 1.54) is 0 Å². The molecule has 1 aliphatic heterocycles. The van der Waals surface area contributed by atoms with E-state index in [0.29, 0.717) is 6.42 Å². The number of nitrogens with zero attached hydrogens (tertiary/aromatic N) is 1. The van der Waals surface area contributed by atoms with E-state index in [-0.39, 0.29) is 23.4 Å². The van der Waals surface area contributed by atoms with E-state index in [9.17, 15) is 22.0 Å². The van der Waals surface area contributed by atoms with E-state index in [4.69, 9.17) is 5.11 Å². The van der Waals surface area contributed by atoms with Gasteiger partial charge in [-0.15, -0.1) is 0 Å². The first-order valence-electron chi connectivity index (χ1n) is 5.97. The monoisotopic (exact) mass is 305 g/mol. The van der Waals surface area contributed by atoms with Gasteiger partial charge in [0.15, 0.2) is 0 Å². The fourth-order valence-electron chi connectivity index (χ4n) is 2.20. The van der Waals surface area contributed by atoms with Crippen molar-refractivity contribution in [1.29, 1.82) is 0 Å². The van der Waals surface area contributed by atoms with Crippen molar-refractivity contribution in [3.63, 3.8) is 0 Å². The number of halogens is 2. The Kier molecular flexibility index (Phi) is 4.05. The van der Waals surface area contributed by atoms with Gasteiger partial charge in [-0.3, -0.25) is 4.79 Å². The van der Waals surface area contributed by atoms with Crippen molar-refractivity contribution in [1.82, 2.24) is 4.31 Å². The lowest BCUT2D eigenvalue weighted by Crippen LogP contribution is -2.40. The van der Waals surface area contributed by atoms with Crippen LogP contribution in [0.5, 0.6) is 0 Å². The van der Waals surface area contributed by atoms with E-state index in [1.807, 2.05) is 0 Å². The molecule has 20 heavy (non-hydrogen) atoms. The van der Waals surface area contributed by atoms with Gasteiger partial charge < -0.3 is 5.11 Å². The summed E-state index contributed by atoms with van der Waals surface area (Å²) >= 11 is 0. The summed E-state index contributed by atoms with van der Waals surface area (Å²) in [5, 5.41) is 9.01. The Balaban J connectivity index is 2.32. The largest absolute Gasteiger partial charge is 0.480 e. The second-order valence-corrected chi connectivity index (χ2v) is 6.37. The third kappa shape index (κ3) is 2.66. The number of rotatable bonds is 4. The van der Waals surface area contributed by atoms with Crippen LogP contribution >= 0.6 is 0 Å². The third-order valence-electron chi connectivity index (χ3n) is 3.23. The molecule has 0 bridgehead atoms. The maximum absolute atomic E-state index is 12.4. The van der Waals surface area contributed by atoms with Crippen LogP contribution in [0, 0.1) is 0 Å². The average molecular weight is 305 g/mol. The maximum atomic E-state index is 12.4. The summed E-state index contributed by atoms with van der Waals surface area (Å²) in [6, 6.07) is 3.13. The van der Waals surface area contributed by atoms with Crippen LogP contribution in [0.25, 0.3) is 0 Å². The SMILES string of the molecule is O=C(O)[C@H]1CCCN1S(=O)(=O)c1ccc(C(F)F)cc1. The standard InChI is InChI=1S/C12H13F2NO4S/c13-11(14)8-3-5-9(6-4-8)20(18,19)15-7-1-2-10(15)12(16)17/h3-6,10-11H,1-2,7H2,(H,16,17)/t10-/m1/s1. The maximum Gasteiger partial charge on any atom is 0.322 e. The summed E-state index contributed by atoms with van der Waals surface area (Å²) in [7, 11) is -3.97. The second kappa shape index (κ2) is 5.45. The molecule has 0 spiro atoms. The molecule has 1 aliphatic rings. The minimum Gasteiger partial charge on any atom is -0.480 e. The van der Waals surface area contributed by atoms with Crippen LogP contribution in [-0.4, -0.2) is 36.4 Å². The van der Waals surface area contributed by atoms with Gasteiger partial charge in [-0.2, -0.15) is 4.31 Å². The summed E-state index contributed by atoms with van der Waals surface area (Å²) < 4.78 is 50.4. The Bertz CT molecular complexity index is 600. The van der Waals surface area contributed by atoms with E-state index in [1.54, 1.807) is 0 Å². The highest BCUT2D eigenvalue weighted by Gasteiger charge is 2.39. The molecule has 1 saturated heterocycles. The normalized spacial score (nSPS) is 20.4. The first-order valence-corrected chi connectivity index (χ1v) is 7.41. The summed E-state index contributed by atoms with van der Waals surface area (Å²) in [5.74, 6) is -1.20. The van der Waals surface area contributed by atoms with Gasteiger partial charge in [0.25, 0.3) is 6.43 Å². The minimum atomic E-state index is -3.97. The molecule has 2 rings (SSSR count). The number of aliphatic carboxylic acids is 1. The van der Waals surface area contributed by atoms with E-state index in [0.717, 1.165) is 28.6 Å². The van der Waals surface area contributed by atoms with Crippen molar-refractivity contribution in [2.75, 3.05) is 6.54 Å². The summed E-state index contributed by atoms with van der Waals surface area (Å²) in [6.07, 6.45) is -1.96. The van der Waals surface area contributed by atoms with Gasteiger partial charge in [-0.1, -0.05) is 12.1 Å². The first kappa shape index (κ1) is 14.9. The molecule has 0 amide bonds. The molecular weight excluding hydrogens is 292 g/mol. The Morgan fingerprint density at radius 2 is 1.90 bits per heavy atom. The number of benzene rings is 1. The highest BCUT2D eigenvalue weighted by atomic mass is 32.2. The predicted octanol–water partition coefficient (Wildman–Crippen LogP) is 1.86. The molecule has 1 aromatic carbocycles. The average Bonchev–Trinajstić information content (AvgIpc) is 2.89. The van der Waals surface area contributed by atoms with Gasteiger partial charge in [0.05, 0.1) is 4.90 Å². The summed E-state index contributed by atoms with van der Waals surface area (Å²) in [4.78, 5) is 10.9. The van der Waals surface area contributed by atoms with Gasteiger partial charge in [0.1, 0.15) is 6.04 Å². The number of sulfonamides is 1. The van der Waals surface area contributed by atoms with Gasteiger partial charge in [0, 0.05) is 12.1 Å². The van der Waals surface area contributed by atoms with Crippen LogP contribution < -0.4 is 0 Å². The van der Waals surface area contributed by atoms with Gasteiger partial charge in [-0.25, -0.2) is 17.2 Å². The molecular formula is C12H13F2NO4S. The van der Waals surface area contributed by atoms with Gasteiger partial charge in [-0.05, 0) is 25.0 Å². The molecule has 0 radical (unpaired) electrons. The Labute approximate surface area is 114 Å². The number of hydrogen-bond acceptors (Lipinski definition) is 3. The molecule has 1 atom stereocenters. The molecule has 1 fully saturated rings. The molecule has 0 aromatic heterocycles. The number of hydrogen-bond donors (Lipinski definition) is 1. The fourth-order valence-corrected chi connectivity index (χ4v) is 3.85. The highest BCUT2D eigenvalue weighted by molar-refractivity contribution is 7.89. The molecule has 5 nitrogen and oxygen atoms in total. The van der Waals surface area contributed by atoms with Gasteiger partial charge >= 0.3 is 5.97 Å². The molecule has 1 N–H and O–H groups in total. The van der Waals surface area contributed by atoms with Crippen molar-refractivity contribution in [3.05, 3.63) is 29.8 Å². The van der Waals surface area contributed by atoms with Crippen molar-refractivity contribution >= 4 is 16.0 Å². The number of alkyl halides is 2. The lowest BCUT2D eigenvalue weighted by molar-refractivity contribution is -0.140. The van der Waals surface area contributed by atoms with Gasteiger partial charge in [0.2, 0.25) is 10.0 Å². The lowest BCUT2D eigenvalue weighted by atomic mass is 10.2. The summed E-state index contributed by atoms with van der Waals surface area (Å²) in [6.45, 7) is 0.121. The topological polar surface area (TPSA) is 74.7 Å². The van der Waals surface area contributed by atoms with Crippen molar-refractivity contribution < 1.29 is 27.1 Å². The van der Waals surface area contributed by atoms with Crippen molar-refractivity contribution in [2.24, 2.45) is 0 Å². The molecule has 1 aromatic rings. The zero-order valence-corrected chi connectivity index (χ0v) is 11.2. The predicted molar refractivity (Wildman–Crippen MR) is 65.9 cm³/mol. The molecule has 0 unspecified atom stereocenters. The lowest BCUT2D eigenvalue weighted by Gasteiger charge is -2.21. The highest BCUT2D eigenvalue weighted by Crippen LogP contribution is 2.27.